The van der Waals surface area contributed by atoms with Crippen LogP contribution in [-0.4, -0.2) is 54.5 Å². The van der Waals surface area contributed by atoms with Crippen molar-refractivity contribution in [1.82, 2.24) is 9.55 Å². The van der Waals surface area contributed by atoms with Crippen LogP contribution >= 0.6 is 36.6 Å². The van der Waals surface area contributed by atoms with E-state index in [1.807, 2.05) is 0 Å². The molecule has 0 amide bonds. The first kappa shape index (κ1) is 22.5. The van der Waals surface area contributed by atoms with Crippen molar-refractivity contribution in [3.8, 4) is 0 Å². The molecule has 150 valence electrons. The molecule has 1 fully saturated rings. The summed E-state index contributed by atoms with van der Waals surface area (Å²) in [6, 6.07) is 1.12. The Bertz CT molecular complexity index is 881. The second kappa shape index (κ2) is 9.14. The quantitative estimate of drug-likeness (QED) is 0.253. The molecule has 27 heavy (non-hydrogen) atoms. The Kier molecular flexibility index (Phi) is 7.62. The average molecular weight is 466 g/mol. The lowest BCUT2D eigenvalue weighted by molar-refractivity contribution is -0.0507. The zero-order chi connectivity index (χ0) is 20.4. The van der Waals surface area contributed by atoms with E-state index in [1.54, 1.807) is 0 Å². The van der Waals surface area contributed by atoms with Gasteiger partial charge < -0.3 is 24.7 Å². The largest absolute Gasteiger partial charge is 0.758 e. The van der Waals surface area contributed by atoms with Crippen LogP contribution in [-0.2, 0) is 31.6 Å². The Labute approximate surface area is 156 Å². The standard InChI is InChI=1S/C9H11N2O12P3S/c12-5-1-2-11(9(27)10-5)8-7(14)6(13)4(21-8)3-20-24(15)22-25(16)23-26(17,18)19/h1-2,4,6-8,13-14H,3H2,(H-2,10,12,17,18,19,27)/p+2/t4-,6?,7+,8-/m1/s1. The van der Waals surface area contributed by atoms with Crippen molar-refractivity contribution in [2.75, 3.05) is 6.61 Å². The van der Waals surface area contributed by atoms with Gasteiger partial charge in [0.25, 0.3) is 5.56 Å². The van der Waals surface area contributed by atoms with Crippen molar-refractivity contribution in [3.05, 3.63) is 27.4 Å². The van der Waals surface area contributed by atoms with Gasteiger partial charge in [-0.25, -0.2) is 4.57 Å². The molecule has 0 aromatic carbocycles. The number of rotatable bonds is 8. The normalized spacial score (nSPS) is 26.8. The van der Waals surface area contributed by atoms with Gasteiger partial charge in [0.05, 0.1) is 0 Å². The van der Waals surface area contributed by atoms with Gasteiger partial charge in [-0.3, -0.25) is 14.3 Å². The maximum atomic E-state index is 11.5. The summed E-state index contributed by atoms with van der Waals surface area (Å²) in [7, 11) is -11.7. The summed E-state index contributed by atoms with van der Waals surface area (Å²) in [5, 5.41) is 20.1. The third kappa shape index (κ3) is 6.36. The fourth-order valence-corrected chi connectivity index (χ4v) is 4.28. The molecule has 0 aliphatic carbocycles. The summed E-state index contributed by atoms with van der Waals surface area (Å²) < 4.78 is 51.8. The van der Waals surface area contributed by atoms with Crippen LogP contribution < -0.4 is 5.56 Å². The molecule has 2 rings (SSSR count). The molecule has 0 radical (unpaired) electrons. The molecule has 1 aliphatic rings. The van der Waals surface area contributed by atoms with Crippen LogP contribution in [0, 0.1) is 4.77 Å². The topological polar surface area (TPSA) is 207 Å². The van der Waals surface area contributed by atoms with Crippen LogP contribution in [0.1, 0.15) is 6.23 Å². The minimum Gasteiger partial charge on any atom is -0.387 e. The number of aromatic nitrogens is 2. The van der Waals surface area contributed by atoms with E-state index < -0.39 is 61.0 Å². The summed E-state index contributed by atoms with van der Waals surface area (Å²) >= 11 is 4.93. The molecule has 1 aromatic rings. The SMILES string of the molecule is O=c1ccn([C@@H]2O[C@H](CO[P+](=O)O[P+](=O)OP(=O)(O)O)C(O)[C@@H]2O)c(=S)[nH]1. The van der Waals surface area contributed by atoms with Gasteiger partial charge in [0.1, 0.15) is 24.9 Å². The Morgan fingerprint density at radius 2 is 1.96 bits per heavy atom. The van der Waals surface area contributed by atoms with E-state index in [4.69, 9.17) is 26.7 Å². The smallest absolute Gasteiger partial charge is 0.387 e. The monoisotopic (exact) mass is 466 g/mol. The fraction of sp³-hybridized carbons (Fsp3) is 0.556. The van der Waals surface area contributed by atoms with E-state index in [0.29, 0.717) is 0 Å². The molecule has 0 bridgehead atoms. The third-order valence-corrected chi connectivity index (χ3v) is 6.24. The summed E-state index contributed by atoms with van der Waals surface area (Å²) in [5.41, 5.74) is -0.482. The van der Waals surface area contributed by atoms with Gasteiger partial charge in [-0.05, 0) is 16.5 Å². The van der Waals surface area contributed by atoms with Crippen molar-refractivity contribution in [1.29, 1.82) is 0 Å². The summed E-state index contributed by atoms with van der Waals surface area (Å²) in [4.78, 5) is 30.3. The molecular formula is C9H13N2O12P3S+2. The van der Waals surface area contributed by atoms with E-state index in [2.05, 4.69) is 18.1 Å². The van der Waals surface area contributed by atoms with Crippen molar-refractivity contribution in [2.24, 2.45) is 0 Å². The fourth-order valence-electron chi connectivity index (χ4n) is 2.04. The van der Waals surface area contributed by atoms with E-state index in [1.165, 1.54) is 10.8 Å². The van der Waals surface area contributed by atoms with E-state index >= 15 is 0 Å². The second-order valence-corrected chi connectivity index (χ2v) is 8.79. The molecule has 1 aromatic heterocycles. The van der Waals surface area contributed by atoms with E-state index in [0.717, 1.165) is 6.07 Å². The van der Waals surface area contributed by atoms with Crippen molar-refractivity contribution < 1.29 is 51.6 Å². The first-order valence-corrected chi connectivity index (χ1v) is 10.9. The zero-order valence-electron chi connectivity index (χ0n) is 12.9. The number of hydrogen-bond donors (Lipinski definition) is 5. The lowest BCUT2D eigenvalue weighted by Gasteiger charge is -2.17. The molecule has 18 heteroatoms. The maximum Gasteiger partial charge on any atom is 0.758 e. The lowest BCUT2D eigenvalue weighted by Crippen LogP contribution is -2.33. The van der Waals surface area contributed by atoms with Crippen LogP contribution in [0.25, 0.3) is 0 Å². The molecule has 2 heterocycles. The van der Waals surface area contributed by atoms with Crippen molar-refractivity contribution >= 4 is 36.6 Å². The third-order valence-electron chi connectivity index (χ3n) is 3.11. The first-order valence-electron chi connectivity index (χ1n) is 6.82. The van der Waals surface area contributed by atoms with Crippen LogP contribution in [0.4, 0.5) is 0 Å². The van der Waals surface area contributed by atoms with Crippen molar-refractivity contribution in [2.45, 2.75) is 24.5 Å². The van der Waals surface area contributed by atoms with Crippen LogP contribution in [0.5, 0.6) is 0 Å². The Morgan fingerprint density at radius 3 is 2.56 bits per heavy atom. The Hall–Kier alpha value is -0.790. The number of H-pyrrole nitrogens is 1. The number of aliphatic hydroxyl groups excluding tert-OH is 2. The van der Waals surface area contributed by atoms with Crippen molar-refractivity contribution in [3.63, 3.8) is 0 Å². The number of ether oxygens (including phenoxy) is 1. The predicted molar refractivity (Wildman–Crippen MR) is 87.2 cm³/mol. The van der Waals surface area contributed by atoms with Gasteiger partial charge in [0, 0.05) is 21.4 Å². The van der Waals surface area contributed by atoms with Gasteiger partial charge in [0.15, 0.2) is 15.3 Å². The summed E-state index contributed by atoms with van der Waals surface area (Å²) in [5.74, 6) is 0. The Morgan fingerprint density at radius 1 is 1.30 bits per heavy atom. The van der Waals surface area contributed by atoms with Gasteiger partial charge in [0.2, 0.25) is 0 Å². The zero-order valence-corrected chi connectivity index (χ0v) is 16.4. The Balaban J connectivity index is 1.95. The maximum absolute atomic E-state index is 11.5. The highest BCUT2D eigenvalue weighted by atomic mass is 32.1. The number of nitrogens with zero attached hydrogens (tertiary/aromatic N) is 1. The minimum absolute atomic E-state index is 0.0821. The highest BCUT2D eigenvalue weighted by Gasteiger charge is 2.49. The summed E-state index contributed by atoms with van der Waals surface area (Å²) in [6.07, 6.45) is -4.16. The van der Waals surface area contributed by atoms with Crippen LogP contribution in [0.2, 0.25) is 0 Å². The van der Waals surface area contributed by atoms with E-state index in [9.17, 15) is 28.7 Å². The van der Waals surface area contributed by atoms with Gasteiger partial charge >= 0.3 is 24.3 Å². The number of aliphatic hydroxyl groups is 2. The number of hydrogen-bond acceptors (Lipinski definition) is 11. The molecule has 5 N–H and O–H groups in total. The molecule has 6 atom stereocenters. The highest BCUT2D eigenvalue weighted by Crippen LogP contribution is 2.52. The van der Waals surface area contributed by atoms with Crippen LogP contribution in [0.3, 0.4) is 0 Å². The first-order chi connectivity index (χ1) is 12.5. The highest BCUT2D eigenvalue weighted by molar-refractivity contribution is 7.71. The minimum atomic E-state index is -5.11. The number of aromatic amines is 1. The predicted octanol–water partition coefficient (Wildman–Crippen LogP) is -0.0176. The molecule has 0 spiro atoms. The van der Waals surface area contributed by atoms with Crippen LogP contribution in [0.15, 0.2) is 17.1 Å². The summed E-state index contributed by atoms with van der Waals surface area (Å²) in [6.45, 7) is -0.611. The molecular weight excluding hydrogens is 453 g/mol. The molecule has 1 saturated heterocycles. The van der Waals surface area contributed by atoms with Gasteiger partial charge in [-0.1, -0.05) is 0 Å². The lowest BCUT2D eigenvalue weighted by atomic mass is 10.1. The number of nitrogens with one attached hydrogen (secondary N) is 1. The van der Waals surface area contributed by atoms with Gasteiger partial charge in [-0.2, -0.15) is 0 Å². The van der Waals surface area contributed by atoms with E-state index in [-0.39, 0.29) is 4.77 Å². The molecule has 14 nitrogen and oxygen atoms in total. The second-order valence-electron chi connectivity index (χ2n) is 4.96. The number of phosphoric acid groups is 1. The average Bonchev–Trinajstić information content (AvgIpc) is 2.79. The molecule has 3 unspecified atom stereocenters. The molecule has 0 saturated carbocycles. The van der Waals surface area contributed by atoms with Gasteiger partial charge in [-0.15, -0.1) is 4.52 Å². The molecule has 1 aliphatic heterocycles.